The standard InChI is InChI=1S/C15H9ClF6O/c16-8-9-5-6-10(12(7-9)14(17,18)19)11-3-1-2-4-13(11)23-15(20,21)22/h1-7H,8H2. The van der Waals surface area contributed by atoms with E-state index in [0.29, 0.717) is 0 Å². The van der Waals surface area contributed by atoms with Crippen LogP contribution in [0.25, 0.3) is 11.1 Å². The Labute approximate surface area is 132 Å². The molecule has 0 aliphatic heterocycles. The molecule has 2 aromatic rings. The van der Waals surface area contributed by atoms with Crippen LogP contribution in [0.5, 0.6) is 5.75 Å². The lowest BCUT2D eigenvalue weighted by Gasteiger charge is -2.17. The van der Waals surface area contributed by atoms with Gasteiger partial charge in [-0.25, -0.2) is 0 Å². The fourth-order valence-corrected chi connectivity index (χ4v) is 2.21. The zero-order chi connectivity index (χ0) is 17.3. The van der Waals surface area contributed by atoms with Gasteiger partial charge in [-0.15, -0.1) is 24.8 Å². The quantitative estimate of drug-likeness (QED) is 0.484. The first-order chi connectivity index (χ1) is 10.6. The van der Waals surface area contributed by atoms with Crippen LogP contribution in [0.4, 0.5) is 26.3 Å². The summed E-state index contributed by atoms with van der Waals surface area (Å²) in [6.45, 7) is 0. The Bertz CT molecular complexity index is 693. The van der Waals surface area contributed by atoms with Crippen molar-refractivity contribution in [2.45, 2.75) is 18.4 Å². The van der Waals surface area contributed by atoms with Gasteiger partial charge < -0.3 is 4.74 Å². The van der Waals surface area contributed by atoms with Crippen molar-refractivity contribution >= 4 is 11.6 Å². The van der Waals surface area contributed by atoms with E-state index in [0.717, 1.165) is 24.3 Å². The van der Waals surface area contributed by atoms with Gasteiger partial charge in [0.1, 0.15) is 5.75 Å². The van der Waals surface area contributed by atoms with Crippen LogP contribution in [0, 0.1) is 0 Å². The Morgan fingerprint density at radius 2 is 1.52 bits per heavy atom. The molecule has 0 heterocycles. The summed E-state index contributed by atoms with van der Waals surface area (Å²) >= 11 is 5.52. The minimum absolute atomic E-state index is 0.149. The van der Waals surface area contributed by atoms with Crippen molar-refractivity contribution in [1.82, 2.24) is 0 Å². The lowest BCUT2D eigenvalue weighted by molar-refractivity contribution is -0.274. The topological polar surface area (TPSA) is 9.23 Å². The number of hydrogen-bond acceptors (Lipinski definition) is 1. The van der Waals surface area contributed by atoms with Gasteiger partial charge in [0.25, 0.3) is 0 Å². The van der Waals surface area contributed by atoms with Gasteiger partial charge in [-0.2, -0.15) is 13.2 Å². The molecule has 0 atom stereocenters. The van der Waals surface area contributed by atoms with Crippen LogP contribution < -0.4 is 4.74 Å². The number of benzene rings is 2. The molecular weight excluding hydrogens is 346 g/mol. The fraction of sp³-hybridized carbons (Fsp3) is 0.200. The number of ether oxygens (including phenoxy) is 1. The third-order valence-electron chi connectivity index (χ3n) is 2.95. The van der Waals surface area contributed by atoms with Crippen LogP contribution in [0.3, 0.4) is 0 Å². The van der Waals surface area contributed by atoms with Crippen LogP contribution in [0.1, 0.15) is 11.1 Å². The van der Waals surface area contributed by atoms with Crippen molar-refractivity contribution in [2.24, 2.45) is 0 Å². The van der Waals surface area contributed by atoms with E-state index >= 15 is 0 Å². The molecule has 8 heteroatoms. The molecule has 0 unspecified atom stereocenters. The van der Waals surface area contributed by atoms with Crippen molar-refractivity contribution < 1.29 is 31.1 Å². The maximum atomic E-state index is 13.2. The van der Waals surface area contributed by atoms with Crippen LogP contribution in [-0.4, -0.2) is 6.36 Å². The third kappa shape index (κ3) is 4.31. The van der Waals surface area contributed by atoms with E-state index in [1.807, 2.05) is 0 Å². The number of hydrogen-bond donors (Lipinski definition) is 0. The van der Waals surface area contributed by atoms with Crippen LogP contribution in [0.2, 0.25) is 0 Å². The summed E-state index contributed by atoms with van der Waals surface area (Å²) in [5, 5.41) is 0. The fourth-order valence-electron chi connectivity index (χ4n) is 2.05. The van der Waals surface area contributed by atoms with E-state index in [1.54, 1.807) is 0 Å². The highest BCUT2D eigenvalue weighted by Gasteiger charge is 2.36. The Balaban J connectivity index is 2.63. The average molecular weight is 355 g/mol. The van der Waals surface area contributed by atoms with Gasteiger partial charge >= 0.3 is 12.5 Å². The van der Waals surface area contributed by atoms with E-state index in [9.17, 15) is 26.3 Å². The first kappa shape index (κ1) is 17.5. The lowest BCUT2D eigenvalue weighted by atomic mass is 9.96. The second-order valence-electron chi connectivity index (χ2n) is 4.56. The highest BCUT2D eigenvalue weighted by molar-refractivity contribution is 6.17. The number of alkyl halides is 7. The minimum Gasteiger partial charge on any atom is -0.405 e. The van der Waals surface area contributed by atoms with E-state index in [1.165, 1.54) is 18.2 Å². The van der Waals surface area contributed by atoms with Crippen molar-refractivity contribution in [3.63, 3.8) is 0 Å². The van der Waals surface area contributed by atoms with Crippen molar-refractivity contribution in [3.8, 4) is 16.9 Å². The molecule has 23 heavy (non-hydrogen) atoms. The summed E-state index contributed by atoms with van der Waals surface area (Å²) in [6, 6.07) is 7.87. The zero-order valence-electron chi connectivity index (χ0n) is 11.3. The van der Waals surface area contributed by atoms with Gasteiger partial charge in [0.15, 0.2) is 0 Å². The summed E-state index contributed by atoms with van der Waals surface area (Å²) in [5.41, 5.74) is -1.59. The largest absolute Gasteiger partial charge is 0.573 e. The Morgan fingerprint density at radius 3 is 2.09 bits per heavy atom. The monoisotopic (exact) mass is 354 g/mol. The molecule has 0 fully saturated rings. The van der Waals surface area contributed by atoms with Gasteiger partial charge in [-0.3, -0.25) is 0 Å². The molecule has 1 nitrogen and oxygen atoms in total. The summed E-state index contributed by atoms with van der Waals surface area (Å²) in [5.74, 6) is -0.853. The Hall–Kier alpha value is -1.89. The number of rotatable bonds is 3. The first-order valence-corrected chi connectivity index (χ1v) is 6.76. The molecule has 0 aliphatic carbocycles. The summed E-state index contributed by atoms with van der Waals surface area (Å²) in [7, 11) is 0. The van der Waals surface area contributed by atoms with Gasteiger partial charge in [0, 0.05) is 11.4 Å². The van der Waals surface area contributed by atoms with Gasteiger partial charge in [0.2, 0.25) is 0 Å². The average Bonchev–Trinajstić information content (AvgIpc) is 2.45. The molecule has 0 spiro atoms. The third-order valence-corrected chi connectivity index (χ3v) is 3.26. The highest BCUT2D eigenvalue weighted by Crippen LogP contribution is 2.42. The van der Waals surface area contributed by atoms with E-state index in [-0.39, 0.29) is 17.0 Å². The molecule has 124 valence electrons. The molecule has 2 rings (SSSR count). The second-order valence-corrected chi connectivity index (χ2v) is 4.82. The molecular formula is C15H9ClF6O. The molecule has 0 radical (unpaired) electrons. The second kappa shape index (κ2) is 6.31. The van der Waals surface area contributed by atoms with Crippen molar-refractivity contribution in [2.75, 3.05) is 0 Å². The van der Waals surface area contributed by atoms with Crippen molar-refractivity contribution in [3.05, 3.63) is 53.6 Å². The lowest BCUT2D eigenvalue weighted by Crippen LogP contribution is -2.18. The van der Waals surface area contributed by atoms with Crippen molar-refractivity contribution in [1.29, 1.82) is 0 Å². The highest BCUT2D eigenvalue weighted by atomic mass is 35.5. The zero-order valence-corrected chi connectivity index (χ0v) is 12.1. The van der Waals surface area contributed by atoms with Gasteiger partial charge in [0.05, 0.1) is 5.56 Å². The number of halogens is 7. The van der Waals surface area contributed by atoms with Gasteiger partial charge in [-0.1, -0.05) is 30.3 Å². The molecule has 0 aliphatic rings. The molecule has 0 bridgehead atoms. The normalized spacial score (nSPS) is 12.3. The molecule has 2 aromatic carbocycles. The molecule has 0 amide bonds. The summed E-state index contributed by atoms with van der Waals surface area (Å²) < 4.78 is 80.7. The Morgan fingerprint density at radius 1 is 0.870 bits per heavy atom. The summed E-state index contributed by atoms with van der Waals surface area (Å²) in [4.78, 5) is 0. The molecule has 0 aromatic heterocycles. The molecule has 0 saturated heterocycles. The molecule has 0 N–H and O–H groups in total. The maximum absolute atomic E-state index is 13.2. The first-order valence-electron chi connectivity index (χ1n) is 6.23. The van der Waals surface area contributed by atoms with Crippen LogP contribution in [0.15, 0.2) is 42.5 Å². The predicted octanol–water partition coefficient (Wildman–Crippen LogP) is 6.01. The van der Waals surface area contributed by atoms with E-state index < -0.39 is 29.4 Å². The maximum Gasteiger partial charge on any atom is 0.573 e. The van der Waals surface area contributed by atoms with Gasteiger partial charge in [-0.05, 0) is 23.3 Å². The Kier molecular flexibility index (Phi) is 4.79. The van der Waals surface area contributed by atoms with E-state index in [2.05, 4.69) is 4.74 Å². The number of para-hydroxylation sites is 1. The van der Waals surface area contributed by atoms with Crippen LogP contribution >= 0.6 is 11.6 Å². The molecule has 0 saturated carbocycles. The van der Waals surface area contributed by atoms with Crippen LogP contribution in [-0.2, 0) is 12.1 Å². The SMILES string of the molecule is FC(F)(F)Oc1ccccc1-c1ccc(CCl)cc1C(F)(F)F. The predicted molar refractivity (Wildman–Crippen MR) is 73.1 cm³/mol. The minimum atomic E-state index is -5.01. The smallest absolute Gasteiger partial charge is 0.405 e. The summed E-state index contributed by atoms with van der Waals surface area (Å²) in [6.07, 6.45) is -9.76. The van der Waals surface area contributed by atoms with E-state index in [4.69, 9.17) is 11.6 Å².